The van der Waals surface area contributed by atoms with Gasteiger partial charge < -0.3 is 0 Å². The molecule has 0 saturated heterocycles. The summed E-state index contributed by atoms with van der Waals surface area (Å²) in [6.45, 7) is 0. The molecule has 0 spiro atoms. The van der Waals surface area contributed by atoms with E-state index in [1.54, 1.807) is 0 Å². The predicted molar refractivity (Wildman–Crippen MR) is 29.5 cm³/mol. The molecular formula is CH6O6PS+. The molecule has 0 saturated carbocycles. The summed E-state index contributed by atoms with van der Waals surface area (Å²) in [5.41, 5.74) is 0. The minimum absolute atomic E-state index is 0.715. The van der Waals surface area contributed by atoms with Gasteiger partial charge in [0.2, 0.25) is 0 Å². The molecule has 0 aromatic heterocycles. The Morgan fingerprint density at radius 1 is 1.33 bits per heavy atom. The SMILES string of the molecule is CS(=O)(=O)O.O=[P+](O)O. The van der Waals surface area contributed by atoms with Crippen LogP contribution in [0.4, 0.5) is 0 Å². The fourth-order valence-electron chi connectivity index (χ4n) is 0. The first-order valence-electron chi connectivity index (χ1n) is 1.51. The maximum absolute atomic E-state index is 9.19. The van der Waals surface area contributed by atoms with Gasteiger partial charge in [0.05, 0.1) is 6.26 Å². The molecule has 0 unspecified atom stereocenters. The lowest BCUT2D eigenvalue weighted by Crippen LogP contribution is -1.88. The highest BCUT2D eigenvalue weighted by atomic mass is 32.2. The summed E-state index contributed by atoms with van der Waals surface area (Å²) >= 11 is 0. The highest BCUT2D eigenvalue weighted by Gasteiger charge is 1.93. The van der Waals surface area contributed by atoms with Crippen molar-refractivity contribution in [1.82, 2.24) is 0 Å². The van der Waals surface area contributed by atoms with Crippen LogP contribution in [-0.4, -0.2) is 29.0 Å². The Hall–Kier alpha value is -0.0700. The van der Waals surface area contributed by atoms with E-state index < -0.39 is 18.4 Å². The minimum Gasteiger partial charge on any atom is -0.286 e. The molecule has 0 aliphatic heterocycles. The molecule has 0 rings (SSSR count). The Morgan fingerprint density at radius 2 is 1.33 bits per heavy atom. The fraction of sp³-hybridized carbons (Fsp3) is 1.00. The second-order valence-corrected chi connectivity index (χ2v) is 2.96. The lowest BCUT2D eigenvalue weighted by Gasteiger charge is -1.69. The van der Waals surface area contributed by atoms with Crippen LogP contribution in [0.5, 0.6) is 0 Å². The highest BCUT2D eigenvalue weighted by molar-refractivity contribution is 7.85. The molecule has 0 amide bonds. The van der Waals surface area contributed by atoms with Gasteiger partial charge in [-0.25, -0.2) is 0 Å². The van der Waals surface area contributed by atoms with Crippen molar-refractivity contribution >= 4 is 18.4 Å². The van der Waals surface area contributed by atoms with Crippen molar-refractivity contribution in [3.05, 3.63) is 0 Å². The lowest BCUT2D eigenvalue weighted by molar-refractivity contribution is 0.405. The van der Waals surface area contributed by atoms with E-state index in [4.69, 9.17) is 18.9 Å². The first kappa shape index (κ1) is 11.7. The molecule has 9 heavy (non-hydrogen) atoms. The Balaban J connectivity index is 0. The van der Waals surface area contributed by atoms with Crippen molar-refractivity contribution in [1.29, 1.82) is 0 Å². The summed E-state index contributed by atoms with van der Waals surface area (Å²) < 4.78 is 34.6. The van der Waals surface area contributed by atoms with Crippen molar-refractivity contribution in [3.8, 4) is 0 Å². The molecule has 0 aliphatic carbocycles. The minimum atomic E-state index is -3.67. The van der Waals surface area contributed by atoms with Crippen LogP contribution in [-0.2, 0) is 14.7 Å². The topological polar surface area (TPSA) is 112 Å². The van der Waals surface area contributed by atoms with Gasteiger partial charge in [0.1, 0.15) is 0 Å². The molecule has 0 fully saturated rings. The third-order valence-electron chi connectivity index (χ3n) is 0. The summed E-state index contributed by atoms with van der Waals surface area (Å²) in [4.78, 5) is 14.2. The van der Waals surface area contributed by atoms with Gasteiger partial charge in [-0.15, -0.1) is 9.79 Å². The van der Waals surface area contributed by atoms with Gasteiger partial charge in [-0.2, -0.15) is 8.42 Å². The van der Waals surface area contributed by atoms with Gasteiger partial charge >= 0.3 is 8.25 Å². The summed E-state index contributed by atoms with van der Waals surface area (Å²) in [5, 5.41) is 0. The Labute approximate surface area is 52.8 Å². The van der Waals surface area contributed by atoms with E-state index in [2.05, 4.69) is 0 Å². The van der Waals surface area contributed by atoms with E-state index in [0.717, 1.165) is 0 Å². The zero-order valence-electron chi connectivity index (χ0n) is 4.42. The van der Waals surface area contributed by atoms with E-state index in [1.165, 1.54) is 0 Å². The molecule has 8 heteroatoms. The maximum atomic E-state index is 9.19. The zero-order valence-corrected chi connectivity index (χ0v) is 6.13. The van der Waals surface area contributed by atoms with Gasteiger partial charge in [0.15, 0.2) is 0 Å². The highest BCUT2D eigenvalue weighted by Crippen LogP contribution is 1.98. The van der Waals surface area contributed by atoms with Crippen LogP contribution in [0, 0.1) is 0 Å². The number of hydrogen-bond acceptors (Lipinski definition) is 3. The molecule has 0 atom stereocenters. The summed E-state index contributed by atoms with van der Waals surface area (Å²) in [7, 11) is -6.54. The van der Waals surface area contributed by atoms with E-state index >= 15 is 0 Å². The van der Waals surface area contributed by atoms with Crippen molar-refractivity contribution in [2.75, 3.05) is 6.26 Å². The second kappa shape index (κ2) is 4.78. The Kier molecular flexibility index (Phi) is 6.20. The third-order valence-corrected chi connectivity index (χ3v) is 0. The predicted octanol–water partition coefficient (Wildman–Crippen LogP) is -0.868. The van der Waals surface area contributed by atoms with E-state index in [0.29, 0.717) is 6.26 Å². The van der Waals surface area contributed by atoms with Crippen molar-refractivity contribution in [2.24, 2.45) is 0 Å². The van der Waals surface area contributed by atoms with Crippen LogP contribution in [0.1, 0.15) is 0 Å². The lowest BCUT2D eigenvalue weighted by atomic mass is 12.0. The van der Waals surface area contributed by atoms with E-state index in [9.17, 15) is 8.42 Å². The molecular weight excluding hydrogens is 171 g/mol. The average molecular weight is 177 g/mol. The molecule has 56 valence electrons. The smallest absolute Gasteiger partial charge is 0.286 e. The van der Waals surface area contributed by atoms with Gasteiger partial charge in [-0.1, -0.05) is 0 Å². The Bertz CT molecular complexity index is 155. The van der Waals surface area contributed by atoms with Crippen LogP contribution in [0.2, 0.25) is 0 Å². The third kappa shape index (κ3) is 56900. The standard InChI is InChI=1S/CH4O3S.HO3P/c1-5(2,3)4;1-4(2)3/h1H3,(H,2,3,4);(H-,1,2,3)/p+1. The molecule has 0 heterocycles. The number of rotatable bonds is 0. The van der Waals surface area contributed by atoms with Crippen LogP contribution in [0.3, 0.4) is 0 Å². The van der Waals surface area contributed by atoms with Crippen LogP contribution >= 0.6 is 8.25 Å². The van der Waals surface area contributed by atoms with Gasteiger partial charge in [-0.3, -0.25) is 4.55 Å². The molecule has 0 aliphatic rings. The molecule has 0 radical (unpaired) electrons. The van der Waals surface area contributed by atoms with Crippen LogP contribution in [0.15, 0.2) is 0 Å². The van der Waals surface area contributed by atoms with Gasteiger partial charge in [-0.05, 0) is 0 Å². The summed E-state index contributed by atoms with van der Waals surface area (Å²) in [6, 6.07) is 0. The molecule has 0 aromatic rings. The quantitative estimate of drug-likeness (QED) is 0.327. The van der Waals surface area contributed by atoms with Gasteiger partial charge in [0, 0.05) is 4.57 Å². The zero-order chi connectivity index (χ0) is 8.08. The molecule has 3 N–H and O–H groups in total. The van der Waals surface area contributed by atoms with Crippen LogP contribution in [0.25, 0.3) is 0 Å². The van der Waals surface area contributed by atoms with Crippen molar-refractivity contribution in [2.45, 2.75) is 0 Å². The Morgan fingerprint density at radius 3 is 1.33 bits per heavy atom. The largest absolute Gasteiger partial charge is 0.692 e. The van der Waals surface area contributed by atoms with E-state index in [1.807, 2.05) is 0 Å². The summed E-state index contributed by atoms with van der Waals surface area (Å²) in [5.74, 6) is 0. The number of hydrogen-bond donors (Lipinski definition) is 3. The first-order chi connectivity index (χ1) is 3.73. The monoisotopic (exact) mass is 177 g/mol. The molecule has 0 bridgehead atoms. The maximum Gasteiger partial charge on any atom is 0.692 e. The molecule has 0 aromatic carbocycles. The average Bonchev–Trinajstić information content (AvgIpc) is 1.19. The fourth-order valence-corrected chi connectivity index (χ4v) is 0. The van der Waals surface area contributed by atoms with Crippen LogP contribution < -0.4 is 0 Å². The first-order valence-corrected chi connectivity index (χ1v) is 4.52. The van der Waals surface area contributed by atoms with E-state index in [-0.39, 0.29) is 0 Å². The van der Waals surface area contributed by atoms with Crippen molar-refractivity contribution in [3.63, 3.8) is 0 Å². The normalized spacial score (nSPS) is 9.33. The summed E-state index contributed by atoms with van der Waals surface area (Å²) in [6.07, 6.45) is 0.715. The van der Waals surface area contributed by atoms with Crippen molar-refractivity contribution < 1.29 is 27.3 Å². The molecule has 6 nitrogen and oxygen atoms in total. The second-order valence-electron chi connectivity index (χ2n) is 0.986. The van der Waals surface area contributed by atoms with Gasteiger partial charge in [0.25, 0.3) is 10.1 Å².